The van der Waals surface area contributed by atoms with Gasteiger partial charge in [-0.3, -0.25) is 5.10 Å². The Bertz CT molecular complexity index is 466. The monoisotopic (exact) mass is 263 g/mol. The highest BCUT2D eigenvalue weighted by molar-refractivity contribution is 7.89. The number of nitrogens with zero attached hydrogens (tertiary/aromatic N) is 1. The average molecular weight is 263 g/mol. The zero-order chi connectivity index (χ0) is 13.1. The number of ether oxygens (including phenoxy) is 1. The fourth-order valence-electron chi connectivity index (χ4n) is 1.45. The number of aromatic nitrogens is 2. The van der Waals surface area contributed by atoms with Crippen molar-refractivity contribution in [2.75, 3.05) is 13.7 Å². The van der Waals surface area contributed by atoms with Gasteiger partial charge in [-0.2, -0.15) is 5.10 Å². The fraction of sp³-hybridized carbons (Fsp3) is 0.667. The van der Waals surface area contributed by atoms with Gasteiger partial charge in [-0.1, -0.05) is 0 Å². The molecule has 7 nitrogen and oxygen atoms in total. The van der Waals surface area contributed by atoms with Crippen molar-refractivity contribution in [2.45, 2.75) is 31.0 Å². The molecule has 0 saturated carbocycles. The second-order valence-corrected chi connectivity index (χ2v) is 5.92. The summed E-state index contributed by atoms with van der Waals surface area (Å²) in [7, 11) is -2.26. The number of nitrogens with one attached hydrogen (secondary N) is 2. The first kappa shape index (κ1) is 14.1. The molecule has 0 aliphatic heterocycles. The van der Waals surface area contributed by atoms with Crippen LogP contribution in [0.2, 0.25) is 0 Å². The Balaban J connectivity index is 2.97. The topological polar surface area (TPSA) is 104 Å². The molecule has 0 radical (unpaired) electrons. The maximum Gasteiger partial charge on any atom is 0.258 e. The van der Waals surface area contributed by atoms with E-state index in [1.165, 1.54) is 13.3 Å². The predicted octanol–water partition coefficient (Wildman–Crippen LogP) is -0.395. The molecule has 1 aromatic heterocycles. The summed E-state index contributed by atoms with van der Waals surface area (Å²) < 4.78 is 31.4. The molecular formula is C9H17N3O4S. The molecule has 1 heterocycles. The molecule has 1 aromatic rings. The van der Waals surface area contributed by atoms with Crippen LogP contribution in [0.25, 0.3) is 0 Å². The second-order valence-electron chi connectivity index (χ2n) is 4.30. The van der Waals surface area contributed by atoms with Crippen LogP contribution < -0.4 is 4.72 Å². The van der Waals surface area contributed by atoms with Gasteiger partial charge in [0.25, 0.3) is 10.0 Å². The molecule has 0 aliphatic rings. The Hall–Kier alpha value is -0.960. The Morgan fingerprint density at radius 2 is 2.24 bits per heavy atom. The van der Waals surface area contributed by atoms with Crippen molar-refractivity contribution < 1.29 is 18.3 Å². The van der Waals surface area contributed by atoms with Crippen LogP contribution in [0.1, 0.15) is 19.4 Å². The van der Waals surface area contributed by atoms with Gasteiger partial charge >= 0.3 is 0 Å². The molecule has 8 heteroatoms. The van der Waals surface area contributed by atoms with Gasteiger partial charge in [-0.25, -0.2) is 13.1 Å². The average Bonchev–Trinajstić information content (AvgIpc) is 2.63. The molecule has 1 rings (SSSR count). The highest BCUT2D eigenvalue weighted by Crippen LogP contribution is 2.15. The summed E-state index contributed by atoms with van der Waals surface area (Å²) >= 11 is 0. The number of methoxy groups -OCH3 is 1. The van der Waals surface area contributed by atoms with Crippen LogP contribution >= 0.6 is 0 Å². The lowest BCUT2D eigenvalue weighted by molar-refractivity contribution is 0.141. The summed E-state index contributed by atoms with van der Waals surface area (Å²) in [4.78, 5) is 0. The van der Waals surface area contributed by atoms with E-state index in [1.54, 1.807) is 13.8 Å². The molecule has 0 saturated heterocycles. The smallest absolute Gasteiger partial charge is 0.258 e. The van der Waals surface area contributed by atoms with Gasteiger partial charge < -0.3 is 9.84 Å². The van der Waals surface area contributed by atoms with Crippen LogP contribution in [0.5, 0.6) is 0 Å². The van der Waals surface area contributed by atoms with Crippen molar-refractivity contribution >= 4 is 10.0 Å². The van der Waals surface area contributed by atoms with E-state index in [1.807, 2.05) is 0 Å². The zero-order valence-electron chi connectivity index (χ0n) is 10.0. The number of H-pyrrole nitrogens is 1. The first-order valence-corrected chi connectivity index (χ1v) is 6.47. The van der Waals surface area contributed by atoms with E-state index in [2.05, 4.69) is 14.9 Å². The number of hydrogen-bond donors (Lipinski definition) is 3. The van der Waals surface area contributed by atoms with Crippen LogP contribution in [-0.2, 0) is 21.4 Å². The Morgan fingerprint density at radius 3 is 2.76 bits per heavy atom. The SMILES string of the molecule is COCC(C)(C)NS(=O)(=O)c1[nH]ncc1CO. The molecule has 0 fully saturated rings. The first-order valence-electron chi connectivity index (χ1n) is 4.98. The molecule has 0 aromatic carbocycles. The van der Waals surface area contributed by atoms with E-state index >= 15 is 0 Å². The highest BCUT2D eigenvalue weighted by atomic mass is 32.2. The minimum Gasteiger partial charge on any atom is -0.392 e. The van der Waals surface area contributed by atoms with Crippen LogP contribution in [-0.4, -0.2) is 43.0 Å². The Labute approximate surface area is 100 Å². The molecular weight excluding hydrogens is 246 g/mol. The van der Waals surface area contributed by atoms with Gasteiger partial charge in [0, 0.05) is 12.7 Å². The number of aliphatic hydroxyl groups is 1. The third-order valence-corrected chi connectivity index (χ3v) is 3.75. The summed E-state index contributed by atoms with van der Waals surface area (Å²) in [6.07, 6.45) is 1.28. The summed E-state index contributed by atoms with van der Waals surface area (Å²) in [6.45, 7) is 3.23. The molecule has 3 N–H and O–H groups in total. The number of rotatable bonds is 6. The van der Waals surface area contributed by atoms with Gasteiger partial charge in [0.15, 0.2) is 5.03 Å². The molecule has 0 amide bonds. The largest absolute Gasteiger partial charge is 0.392 e. The molecule has 17 heavy (non-hydrogen) atoms. The fourth-order valence-corrected chi connectivity index (χ4v) is 2.97. The van der Waals surface area contributed by atoms with Gasteiger partial charge in [-0.15, -0.1) is 0 Å². The van der Waals surface area contributed by atoms with Crippen LogP contribution in [0.3, 0.4) is 0 Å². The highest BCUT2D eigenvalue weighted by Gasteiger charge is 2.28. The Morgan fingerprint density at radius 1 is 1.59 bits per heavy atom. The van der Waals surface area contributed by atoms with Crippen molar-refractivity contribution in [1.29, 1.82) is 0 Å². The van der Waals surface area contributed by atoms with E-state index in [9.17, 15) is 8.42 Å². The van der Waals surface area contributed by atoms with Crippen LogP contribution in [0.15, 0.2) is 11.2 Å². The van der Waals surface area contributed by atoms with Gasteiger partial charge in [0.05, 0.1) is 24.9 Å². The van der Waals surface area contributed by atoms with Crippen molar-refractivity contribution in [3.05, 3.63) is 11.8 Å². The standard InChI is InChI=1S/C9H17N3O4S/c1-9(2,6-16-3)12-17(14,15)8-7(5-13)4-10-11-8/h4,12-13H,5-6H2,1-3H3,(H,10,11). The van der Waals surface area contributed by atoms with Crippen molar-refractivity contribution in [2.24, 2.45) is 0 Å². The lowest BCUT2D eigenvalue weighted by Gasteiger charge is -2.24. The molecule has 0 aliphatic carbocycles. The van der Waals surface area contributed by atoms with E-state index in [0.29, 0.717) is 0 Å². The number of hydrogen-bond acceptors (Lipinski definition) is 5. The second kappa shape index (κ2) is 5.13. The van der Waals surface area contributed by atoms with Gasteiger partial charge in [0.1, 0.15) is 0 Å². The lowest BCUT2D eigenvalue weighted by Crippen LogP contribution is -2.46. The van der Waals surface area contributed by atoms with E-state index in [-0.39, 0.29) is 17.2 Å². The number of sulfonamides is 1. The van der Waals surface area contributed by atoms with Crippen LogP contribution in [0, 0.1) is 0 Å². The normalized spacial score (nSPS) is 12.9. The van der Waals surface area contributed by atoms with E-state index in [4.69, 9.17) is 9.84 Å². The maximum absolute atomic E-state index is 12.0. The summed E-state index contributed by atoms with van der Waals surface area (Å²) in [6, 6.07) is 0. The molecule has 0 bridgehead atoms. The van der Waals surface area contributed by atoms with Crippen molar-refractivity contribution in [3.63, 3.8) is 0 Å². The van der Waals surface area contributed by atoms with Gasteiger partial charge in [-0.05, 0) is 13.8 Å². The van der Waals surface area contributed by atoms with Crippen molar-refractivity contribution in [3.8, 4) is 0 Å². The first-order chi connectivity index (χ1) is 7.82. The molecule has 0 atom stereocenters. The third kappa shape index (κ3) is 3.50. The predicted molar refractivity (Wildman–Crippen MR) is 60.8 cm³/mol. The number of aromatic amines is 1. The lowest BCUT2D eigenvalue weighted by atomic mass is 10.1. The van der Waals surface area contributed by atoms with E-state index in [0.717, 1.165) is 0 Å². The summed E-state index contributed by atoms with van der Waals surface area (Å²) in [5, 5.41) is 14.8. The van der Waals surface area contributed by atoms with E-state index < -0.39 is 22.2 Å². The summed E-state index contributed by atoms with van der Waals surface area (Å²) in [5.74, 6) is 0. The molecule has 98 valence electrons. The summed E-state index contributed by atoms with van der Waals surface area (Å²) in [5.41, 5.74) is -0.517. The minimum absolute atomic E-state index is 0.121. The van der Waals surface area contributed by atoms with Gasteiger partial charge in [0.2, 0.25) is 0 Å². The quantitative estimate of drug-likeness (QED) is 0.648. The number of aliphatic hydroxyl groups excluding tert-OH is 1. The minimum atomic E-state index is -3.75. The zero-order valence-corrected chi connectivity index (χ0v) is 10.8. The van der Waals surface area contributed by atoms with Crippen molar-refractivity contribution in [1.82, 2.24) is 14.9 Å². The molecule has 0 unspecified atom stereocenters. The third-order valence-electron chi connectivity index (χ3n) is 2.03. The Kier molecular flexibility index (Phi) is 4.26. The van der Waals surface area contributed by atoms with Crippen LogP contribution in [0.4, 0.5) is 0 Å². The maximum atomic E-state index is 12.0. The molecule has 0 spiro atoms.